The van der Waals surface area contributed by atoms with Crippen molar-refractivity contribution in [3.05, 3.63) is 94.5 Å². The lowest BCUT2D eigenvalue weighted by Gasteiger charge is -2.25. The number of imide groups is 1. The monoisotopic (exact) mass is 518 g/mol. The molecular weight excluding hydrogens is 496 g/mol. The van der Waals surface area contributed by atoms with Gasteiger partial charge < -0.3 is 4.57 Å². The first kappa shape index (κ1) is 24.1. The van der Waals surface area contributed by atoms with Crippen molar-refractivity contribution >= 4 is 58.1 Å². The van der Waals surface area contributed by atoms with Gasteiger partial charge in [0, 0.05) is 5.02 Å². The van der Waals surface area contributed by atoms with Gasteiger partial charge in [-0.2, -0.15) is 11.8 Å². The molecule has 1 aliphatic rings. The number of nitrogens with one attached hydrogen (secondary N) is 1. The smallest absolute Gasteiger partial charge is 0.262 e. The lowest BCUT2D eigenvalue weighted by Crippen LogP contribution is -2.47. The molecule has 36 heavy (non-hydrogen) atoms. The number of thioether (sulfide) groups is 1. The Hall–Kier alpha value is -3.62. The fourth-order valence-corrected chi connectivity index (χ4v) is 5.03. The number of imidazole rings is 1. The van der Waals surface area contributed by atoms with E-state index in [4.69, 9.17) is 11.6 Å². The summed E-state index contributed by atoms with van der Waals surface area (Å²) in [6.45, 7) is 0.454. The van der Waals surface area contributed by atoms with E-state index in [1.54, 1.807) is 54.2 Å². The van der Waals surface area contributed by atoms with Gasteiger partial charge in [0.1, 0.15) is 6.04 Å². The SMILES string of the molecule is CSCCC(C(=O)Nc1nc2ccc(Cl)cc2n1Cc1ccccc1)N1C(=O)c2ccccc2C1=O. The number of halogens is 1. The molecule has 9 heteroatoms. The van der Waals surface area contributed by atoms with Crippen LogP contribution in [-0.4, -0.2) is 50.2 Å². The van der Waals surface area contributed by atoms with Gasteiger partial charge in [-0.3, -0.25) is 24.6 Å². The molecule has 0 saturated heterocycles. The van der Waals surface area contributed by atoms with E-state index in [1.807, 2.05) is 41.2 Å². The van der Waals surface area contributed by atoms with Crippen LogP contribution in [0.25, 0.3) is 11.0 Å². The molecule has 2 heterocycles. The highest BCUT2D eigenvalue weighted by molar-refractivity contribution is 7.98. The third-order valence-corrected chi connectivity index (χ3v) is 7.04. The average Bonchev–Trinajstić information content (AvgIpc) is 3.34. The summed E-state index contributed by atoms with van der Waals surface area (Å²) < 4.78 is 1.88. The lowest BCUT2D eigenvalue weighted by molar-refractivity contribution is -0.120. The molecule has 0 spiro atoms. The van der Waals surface area contributed by atoms with Crippen molar-refractivity contribution in [3.8, 4) is 0 Å². The molecule has 1 atom stereocenters. The molecule has 1 aliphatic heterocycles. The Morgan fingerprint density at radius 3 is 2.33 bits per heavy atom. The van der Waals surface area contributed by atoms with Gasteiger partial charge in [-0.1, -0.05) is 54.1 Å². The fourth-order valence-electron chi connectivity index (χ4n) is 4.41. The molecule has 4 aromatic rings. The van der Waals surface area contributed by atoms with Gasteiger partial charge in [0.25, 0.3) is 11.8 Å². The van der Waals surface area contributed by atoms with Crippen LogP contribution in [0.4, 0.5) is 5.95 Å². The topological polar surface area (TPSA) is 84.3 Å². The summed E-state index contributed by atoms with van der Waals surface area (Å²) in [5, 5.41) is 3.46. The van der Waals surface area contributed by atoms with Gasteiger partial charge in [0.2, 0.25) is 11.9 Å². The van der Waals surface area contributed by atoms with Gasteiger partial charge in [0.15, 0.2) is 0 Å². The number of aromatic nitrogens is 2. The second-order valence-corrected chi connectivity index (χ2v) is 9.87. The molecule has 0 saturated carbocycles. The van der Waals surface area contributed by atoms with Crippen LogP contribution in [0.1, 0.15) is 32.7 Å². The minimum absolute atomic E-state index is 0.315. The molecule has 7 nitrogen and oxygen atoms in total. The maximum absolute atomic E-state index is 13.7. The Kier molecular flexibility index (Phi) is 6.80. The average molecular weight is 519 g/mol. The summed E-state index contributed by atoms with van der Waals surface area (Å²) in [6, 6.07) is 20.8. The molecule has 0 fully saturated rings. The van der Waals surface area contributed by atoms with E-state index >= 15 is 0 Å². The quantitative estimate of drug-likeness (QED) is 0.328. The molecule has 182 valence electrons. The second kappa shape index (κ2) is 10.2. The zero-order valence-corrected chi connectivity index (χ0v) is 21.1. The van der Waals surface area contributed by atoms with Crippen LogP contribution in [0.3, 0.4) is 0 Å². The molecule has 0 aliphatic carbocycles. The van der Waals surface area contributed by atoms with Crippen LogP contribution in [0.5, 0.6) is 0 Å². The van der Waals surface area contributed by atoms with Crippen molar-refractivity contribution in [2.24, 2.45) is 0 Å². The summed E-state index contributed by atoms with van der Waals surface area (Å²) in [4.78, 5) is 45.6. The molecule has 1 unspecified atom stereocenters. The van der Waals surface area contributed by atoms with Crippen LogP contribution >= 0.6 is 23.4 Å². The second-order valence-electron chi connectivity index (χ2n) is 8.45. The number of fused-ring (bicyclic) bond motifs is 2. The highest BCUT2D eigenvalue weighted by Crippen LogP contribution is 2.28. The number of carbonyl (C=O) groups is 3. The van der Waals surface area contributed by atoms with E-state index in [-0.39, 0.29) is 0 Å². The predicted molar refractivity (Wildman–Crippen MR) is 143 cm³/mol. The lowest BCUT2D eigenvalue weighted by atomic mass is 10.1. The first-order valence-electron chi connectivity index (χ1n) is 11.4. The molecule has 3 aromatic carbocycles. The molecule has 5 rings (SSSR count). The summed E-state index contributed by atoms with van der Waals surface area (Å²) in [5.74, 6) is -0.453. The molecule has 1 N–H and O–H groups in total. The van der Waals surface area contributed by atoms with E-state index in [1.165, 1.54) is 0 Å². The van der Waals surface area contributed by atoms with E-state index in [9.17, 15) is 14.4 Å². The van der Waals surface area contributed by atoms with Crippen molar-refractivity contribution in [2.75, 3.05) is 17.3 Å². The van der Waals surface area contributed by atoms with Crippen LogP contribution in [0.2, 0.25) is 5.02 Å². The third kappa shape index (κ3) is 4.50. The number of amides is 3. The maximum atomic E-state index is 13.7. The number of hydrogen-bond acceptors (Lipinski definition) is 5. The van der Waals surface area contributed by atoms with Crippen molar-refractivity contribution < 1.29 is 14.4 Å². The first-order chi connectivity index (χ1) is 17.5. The van der Waals surface area contributed by atoms with E-state index < -0.39 is 23.8 Å². The summed E-state index contributed by atoms with van der Waals surface area (Å²) in [5.41, 5.74) is 3.09. The van der Waals surface area contributed by atoms with Crippen molar-refractivity contribution in [1.82, 2.24) is 14.5 Å². The minimum Gasteiger partial charge on any atom is -0.305 e. The fraction of sp³-hybridized carbons (Fsp3) is 0.185. The highest BCUT2D eigenvalue weighted by atomic mass is 35.5. The number of rotatable bonds is 8. The largest absolute Gasteiger partial charge is 0.305 e. The Balaban J connectivity index is 1.50. The maximum Gasteiger partial charge on any atom is 0.262 e. The Labute approximate surface area is 217 Å². The van der Waals surface area contributed by atoms with E-state index in [0.717, 1.165) is 16.0 Å². The van der Waals surface area contributed by atoms with Gasteiger partial charge in [-0.25, -0.2) is 4.98 Å². The molecule has 0 bridgehead atoms. The Morgan fingerprint density at radius 1 is 1.00 bits per heavy atom. The van der Waals surface area contributed by atoms with Crippen LogP contribution in [-0.2, 0) is 11.3 Å². The van der Waals surface area contributed by atoms with E-state index in [2.05, 4.69) is 10.3 Å². The van der Waals surface area contributed by atoms with Crippen LogP contribution in [0.15, 0.2) is 72.8 Å². The summed E-state index contributed by atoms with van der Waals surface area (Å²) in [6.07, 6.45) is 2.24. The van der Waals surface area contributed by atoms with Gasteiger partial charge >= 0.3 is 0 Å². The summed E-state index contributed by atoms with van der Waals surface area (Å²) in [7, 11) is 0. The van der Waals surface area contributed by atoms with Crippen LogP contribution in [0, 0.1) is 0 Å². The zero-order chi connectivity index (χ0) is 25.2. The molecular formula is C27H23ClN4O3S. The van der Waals surface area contributed by atoms with Gasteiger partial charge in [0.05, 0.1) is 28.7 Å². The van der Waals surface area contributed by atoms with Crippen LogP contribution < -0.4 is 5.32 Å². The molecule has 0 radical (unpaired) electrons. The third-order valence-electron chi connectivity index (χ3n) is 6.16. The number of nitrogens with zero attached hydrogens (tertiary/aromatic N) is 3. The highest BCUT2D eigenvalue weighted by Gasteiger charge is 2.42. The normalized spacial score (nSPS) is 13.8. The summed E-state index contributed by atoms with van der Waals surface area (Å²) >= 11 is 7.81. The Bertz CT molecular complexity index is 1440. The first-order valence-corrected chi connectivity index (χ1v) is 13.2. The number of hydrogen-bond donors (Lipinski definition) is 1. The predicted octanol–water partition coefficient (Wildman–Crippen LogP) is 5.09. The Morgan fingerprint density at radius 2 is 1.67 bits per heavy atom. The number of anilines is 1. The molecule has 1 aromatic heterocycles. The number of benzene rings is 3. The van der Waals surface area contributed by atoms with E-state index in [0.29, 0.717) is 46.3 Å². The van der Waals surface area contributed by atoms with Gasteiger partial charge in [-0.05, 0) is 54.3 Å². The van der Waals surface area contributed by atoms with Crippen molar-refractivity contribution in [2.45, 2.75) is 19.0 Å². The number of carbonyl (C=O) groups excluding carboxylic acids is 3. The van der Waals surface area contributed by atoms with Crippen molar-refractivity contribution in [1.29, 1.82) is 0 Å². The van der Waals surface area contributed by atoms with Gasteiger partial charge in [-0.15, -0.1) is 0 Å². The standard InChI is InChI=1S/C27H23ClN4O3S/c1-36-14-13-22(32-25(34)19-9-5-6-10-20(19)26(32)35)24(33)30-27-29-21-12-11-18(28)15-23(21)31(27)16-17-7-3-2-4-8-17/h2-12,15,22H,13-14,16H2,1H3,(H,29,30,33). The van der Waals surface area contributed by atoms with Crippen molar-refractivity contribution in [3.63, 3.8) is 0 Å². The molecule has 3 amide bonds. The minimum atomic E-state index is -0.974. The zero-order valence-electron chi connectivity index (χ0n) is 19.5.